The Balaban J connectivity index is 1.88. The zero-order chi connectivity index (χ0) is 13.8. The Kier molecular flexibility index (Phi) is 4.56. The van der Waals surface area contributed by atoms with Gasteiger partial charge >= 0.3 is 0 Å². The third kappa shape index (κ3) is 4.04. The molecule has 1 unspecified atom stereocenters. The Hall–Kier alpha value is -1.39. The van der Waals surface area contributed by atoms with Gasteiger partial charge in [0.05, 0.1) is 12.3 Å². The van der Waals surface area contributed by atoms with E-state index in [1.165, 1.54) is 12.1 Å². The second-order valence-corrected chi connectivity index (χ2v) is 5.06. The van der Waals surface area contributed by atoms with E-state index in [2.05, 4.69) is 5.10 Å². The first kappa shape index (κ1) is 14.0. The molecule has 0 aliphatic heterocycles. The molecule has 1 N–H and O–H groups in total. The molecule has 0 spiro atoms. The van der Waals surface area contributed by atoms with Crippen molar-refractivity contribution >= 4 is 11.6 Å². The Bertz CT molecular complexity index is 556. The van der Waals surface area contributed by atoms with Gasteiger partial charge in [0.1, 0.15) is 5.82 Å². The molecule has 0 saturated heterocycles. The maximum atomic E-state index is 12.9. The van der Waals surface area contributed by atoms with Gasteiger partial charge < -0.3 is 5.11 Å². The van der Waals surface area contributed by atoms with E-state index in [1.54, 1.807) is 16.9 Å². The second kappa shape index (κ2) is 6.17. The van der Waals surface area contributed by atoms with Crippen molar-refractivity contribution in [3.8, 4) is 0 Å². The number of hydrogen-bond donors (Lipinski definition) is 1. The number of nitrogens with zero attached hydrogens (tertiary/aromatic N) is 2. The molecule has 1 aromatic heterocycles. The molecule has 19 heavy (non-hydrogen) atoms. The normalized spacial score (nSPS) is 12.6. The van der Waals surface area contributed by atoms with E-state index in [0.29, 0.717) is 17.9 Å². The Labute approximate surface area is 116 Å². The molecule has 102 valence electrons. The van der Waals surface area contributed by atoms with E-state index < -0.39 is 6.10 Å². The molecule has 1 aromatic carbocycles. The number of benzene rings is 1. The SMILES string of the molecule is Cn1cc(CCC(O)Cc2ccc(F)cc2Cl)cn1. The van der Waals surface area contributed by atoms with Gasteiger partial charge in [-0.15, -0.1) is 0 Å². The summed E-state index contributed by atoms with van der Waals surface area (Å²) in [5.74, 6) is -0.362. The van der Waals surface area contributed by atoms with Crippen molar-refractivity contribution in [1.82, 2.24) is 9.78 Å². The topological polar surface area (TPSA) is 38.0 Å². The largest absolute Gasteiger partial charge is 0.393 e. The molecular formula is C14H16ClFN2O. The van der Waals surface area contributed by atoms with Crippen LogP contribution in [0.5, 0.6) is 0 Å². The summed E-state index contributed by atoms with van der Waals surface area (Å²) in [6.45, 7) is 0. The van der Waals surface area contributed by atoms with Crippen molar-refractivity contribution in [2.75, 3.05) is 0 Å². The zero-order valence-corrected chi connectivity index (χ0v) is 11.4. The fourth-order valence-corrected chi connectivity index (χ4v) is 2.22. The minimum atomic E-state index is -0.497. The Morgan fingerprint density at radius 3 is 2.89 bits per heavy atom. The van der Waals surface area contributed by atoms with Crippen LogP contribution in [-0.2, 0) is 19.9 Å². The fourth-order valence-electron chi connectivity index (χ4n) is 1.98. The van der Waals surface area contributed by atoms with Crippen LogP contribution in [0, 0.1) is 5.82 Å². The second-order valence-electron chi connectivity index (χ2n) is 4.65. The number of aliphatic hydroxyl groups is 1. The summed E-state index contributed by atoms with van der Waals surface area (Å²) >= 11 is 5.93. The molecule has 1 heterocycles. The first-order valence-electron chi connectivity index (χ1n) is 6.14. The first-order valence-corrected chi connectivity index (χ1v) is 6.52. The van der Waals surface area contributed by atoms with Crippen LogP contribution in [0.15, 0.2) is 30.6 Å². The van der Waals surface area contributed by atoms with Crippen LogP contribution in [0.25, 0.3) is 0 Å². The minimum Gasteiger partial charge on any atom is -0.393 e. The summed E-state index contributed by atoms with van der Waals surface area (Å²) in [4.78, 5) is 0. The lowest BCUT2D eigenvalue weighted by molar-refractivity contribution is 0.165. The quantitative estimate of drug-likeness (QED) is 0.916. The zero-order valence-electron chi connectivity index (χ0n) is 10.7. The van der Waals surface area contributed by atoms with Crippen molar-refractivity contribution in [3.05, 3.63) is 52.6 Å². The molecule has 0 aliphatic rings. The summed E-state index contributed by atoms with van der Waals surface area (Å²) in [5.41, 5.74) is 1.86. The van der Waals surface area contributed by atoms with E-state index in [1.807, 2.05) is 13.2 Å². The molecule has 0 fully saturated rings. The summed E-state index contributed by atoms with van der Waals surface area (Å²) in [7, 11) is 1.86. The van der Waals surface area contributed by atoms with Crippen molar-refractivity contribution < 1.29 is 9.50 Å². The highest BCUT2D eigenvalue weighted by molar-refractivity contribution is 6.31. The average Bonchev–Trinajstić information content (AvgIpc) is 2.76. The molecule has 2 rings (SSSR count). The Morgan fingerprint density at radius 1 is 1.47 bits per heavy atom. The first-order chi connectivity index (χ1) is 9.04. The molecule has 1 atom stereocenters. The number of aromatic nitrogens is 2. The van der Waals surface area contributed by atoms with Crippen LogP contribution >= 0.6 is 11.6 Å². The molecule has 0 radical (unpaired) electrons. The maximum absolute atomic E-state index is 12.9. The maximum Gasteiger partial charge on any atom is 0.124 e. The van der Waals surface area contributed by atoms with E-state index >= 15 is 0 Å². The molecule has 0 amide bonds. The number of aliphatic hydroxyl groups excluding tert-OH is 1. The van der Waals surface area contributed by atoms with Crippen molar-refractivity contribution in [2.45, 2.75) is 25.4 Å². The third-order valence-electron chi connectivity index (χ3n) is 3.00. The highest BCUT2D eigenvalue weighted by Gasteiger charge is 2.10. The molecule has 0 bridgehead atoms. The van der Waals surface area contributed by atoms with Gasteiger partial charge in [-0.1, -0.05) is 17.7 Å². The molecule has 5 heteroatoms. The van der Waals surface area contributed by atoms with Crippen LogP contribution in [0.2, 0.25) is 5.02 Å². The molecule has 0 aliphatic carbocycles. The number of halogens is 2. The van der Waals surface area contributed by atoms with E-state index in [-0.39, 0.29) is 5.82 Å². The van der Waals surface area contributed by atoms with E-state index in [0.717, 1.165) is 17.5 Å². The third-order valence-corrected chi connectivity index (χ3v) is 3.35. The lowest BCUT2D eigenvalue weighted by atomic mass is 10.0. The minimum absolute atomic E-state index is 0.362. The van der Waals surface area contributed by atoms with Gasteiger partial charge in [-0.2, -0.15) is 5.10 Å². The summed E-state index contributed by atoms with van der Waals surface area (Å²) in [6.07, 6.45) is 5.03. The predicted octanol–water partition coefficient (Wildman–Crippen LogP) is 2.75. The summed E-state index contributed by atoms with van der Waals surface area (Å²) in [6, 6.07) is 4.24. The predicted molar refractivity (Wildman–Crippen MR) is 72.6 cm³/mol. The van der Waals surface area contributed by atoms with Crippen LogP contribution in [-0.4, -0.2) is 21.0 Å². The van der Waals surface area contributed by atoms with Crippen molar-refractivity contribution in [1.29, 1.82) is 0 Å². The van der Waals surface area contributed by atoms with Gasteiger partial charge in [0, 0.05) is 18.3 Å². The summed E-state index contributed by atoms with van der Waals surface area (Å²) < 4.78 is 14.6. The van der Waals surface area contributed by atoms with Gasteiger partial charge in [-0.25, -0.2) is 4.39 Å². The lowest BCUT2D eigenvalue weighted by Crippen LogP contribution is -2.12. The molecule has 2 aromatic rings. The average molecular weight is 283 g/mol. The van der Waals surface area contributed by atoms with Crippen LogP contribution in [0.4, 0.5) is 4.39 Å². The van der Waals surface area contributed by atoms with Gasteiger partial charge in [0.25, 0.3) is 0 Å². The number of rotatable bonds is 5. The van der Waals surface area contributed by atoms with Gasteiger partial charge in [0.15, 0.2) is 0 Å². The van der Waals surface area contributed by atoms with Gasteiger partial charge in [-0.05, 0) is 42.5 Å². The summed E-state index contributed by atoms with van der Waals surface area (Å²) in [5, 5.41) is 14.4. The fraction of sp³-hybridized carbons (Fsp3) is 0.357. The molecule has 0 saturated carbocycles. The highest BCUT2D eigenvalue weighted by atomic mass is 35.5. The van der Waals surface area contributed by atoms with Gasteiger partial charge in [0.2, 0.25) is 0 Å². The molecular weight excluding hydrogens is 267 g/mol. The highest BCUT2D eigenvalue weighted by Crippen LogP contribution is 2.20. The lowest BCUT2D eigenvalue weighted by Gasteiger charge is -2.11. The van der Waals surface area contributed by atoms with E-state index in [9.17, 15) is 9.50 Å². The van der Waals surface area contributed by atoms with Crippen molar-refractivity contribution in [3.63, 3.8) is 0 Å². The molecule has 3 nitrogen and oxygen atoms in total. The van der Waals surface area contributed by atoms with E-state index in [4.69, 9.17) is 11.6 Å². The smallest absolute Gasteiger partial charge is 0.124 e. The number of aryl methyl sites for hydroxylation is 2. The van der Waals surface area contributed by atoms with Crippen LogP contribution in [0.1, 0.15) is 17.5 Å². The number of hydrogen-bond acceptors (Lipinski definition) is 2. The van der Waals surface area contributed by atoms with Crippen LogP contribution < -0.4 is 0 Å². The standard InChI is InChI=1S/C14H16ClFN2O/c1-18-9-10(8-17-18)2-5-13(19)6-11-3-4-12(16)7-14(11)15/h3-4,7-9,13,19H,2,5-6H2,1H3. The van der Waals surface area contributed by atoms with Crippen LogP contribution in [0.3, 0.4) is 0 Å². The monoisotopic (exact) mass is 282 g/mol. The van der Waals surface area contributed by atoms with Gasteiger partial charge in [-0.3, -0.25) is 4.68 Å². The van der Waals surface area contributed by atoms with Crippen molar-refractivity contribution in [2.24, 2.45) is 7.05 Å². The Morgan fingerprint density at radius 2 is 2.26 bits per heavy atom.